The summed E-state index contributed by atoms with van der Waals surface area (Å²) in [5.41, 5.74) is 5.25. The van der Waals surface area contributed by atoms with Crippen molar-refractivity contribution < 1.29 is 0 Å². The van der Waals surface area contributed by atoms with E-state index >= 15 is 0 Å². The van der Waals surface area contributed by atoms with Crippen LogP contribution in [0.5, 0.6) is 0 Å². The number of hydrogen-bond donors (Lipinski definition) is 0. The second-order valence-corrected chi connectivity index (χ2v) is 8.10. The zero-order chi connectivity index (χ0) is 15.1. The Labute approximate surface area is 143 Å². The first kappa shape index (κ1) is 14.4. The van der Waals surface area contributed by atoms with Crippen molar-refractivity contribution in [3.8, 4) is 11.1 Å². The molecule has 2 nitrogen and oxygen atoms in total. The van der Waals surface area contributed by atoms with Gasteiger partial charge >= 0.3 is 0 Å². The highest BCUT2D eigenvalue weighted by molar-refractivity contribution is 7.16. The minimum atomic E-state index is 0.369. The smallest absolute Gasteiger partial charge is 0.0934 e. The van der Waals surface area contributed by atoms with Crippen LogP contribution in [-0.4, -0.2) is 22.9 Å². The van der Waals surface area contributed by atoms with Crippen molar-refractivity contribution in [1.82, 2.24) is 9.27 Å². The largest absolute Gasteiger partial charge is 0.300 e. The quantitative estimate of drug-likeness (QED) is 0.641. The summed E-state index contributed by atoms with van der Waals surface area (Å²) in [6, 6.07) is 10.8. The minimum absolute atomic E-state index is 0.369. The second kappa shape index (κ2) is 5.78. The molecule has 112 valence electrons. The van der Waals surface area contributed by atoms with E-state index in [1.54, 1.807) is 11.3 Å². The molecule has 3 heterocycles. The van der Waals surface area contributed by atoms with Crippen LogP contribution in [0.2, 0.25) is 4.34 Å². The fourth-order valence-corrected chi connectivity index (χ4v) is 5.17. The summed E-state index contributed by atoms with van der Waals surface area (Å²) in [6.45, 7) is 2.01. The lowest BCUT2D eigenvalue weighted by Crippen LogP contribution is -2.30. The zero-order valence-corrected chi connectivity index (χ0v) is 14.5. The molecule has 4 rings (SSSR count). The van der Waals surface area contributed by atoms with Crippen LogP contribution < -0.4 is 0 Å². The summed E-state index contributed by atoms with van der Waals surface area (Å²) in [5, 5.41) is 2.12. The van der Waals surface area contributed by atoms with Crippen LogP contribution in [0.25, 0.3) is 11.1 Å². The van der Waals surface area contributed by atoms with Crippen LogP contribution >= 0.6 is 34.5 Å². The predicted octanol–water partition coefficient (Wildman–Crippen LogP) is 5.10. The lowest BCUT2D eigenvalue weighted by atomic mass is 9.84. The molecule has 3 aromatic rings. The van der Waals surface area contributed by atoms with Crippen LogP contribution in [0, 0.1) is 0 Å². The molecule has 1 aliphatic heterocycles. The SMILES string of the molecule is CN1Cc2sc(Cl)cc2C(c2ccccc2-c2cnsc2)C1. The van der Waals surface area contributed by atoms with Gasteiger partial charge < -0.3 is 4.90 Å². The van der Waals surface area contributed by atoms with Crippen molar-refractivity contribution in [2.24, 2.45) is 0 Å². The monoisotopic (exact) mass is 346 g/mol. The Kier molecular flexibility index (Phi) is 3.78. The third kappa shape index (κ3) is 2.50. The average molecular weight is 347 g/mol. The third-order valence-electron chi connectivity index (χ3n) is 4.17. The van der Waals surface area contributed by atoms with Crippen molar-refractivity contribution in [2.75, 3.05) is 13.6 Å². The number of rotatable bonds is 2. The third-order valence-corrected chi connectivity index (χ3v) is 6.03. The predicted molar refractivity (Wildman–Crippen MR) is 95.1 cm³/mol. The van der Waals surface area contributed by atoms with E-state index in [0.717, 1.165) is 17.4 Å². The maximum Gasteiger partial charge on any atom is 0.0934 e. The Bertz CT molecular complexity index is 795. The van der Waals surface area contributed by atoms with Gasteiger partial charge in [-0.25, -0.2) is 4.37 Å². The highest BCUT2D eigenvalue weighted by Crippen LogP contribution is 2.42. The molecule has 0 saturated carbocycles. The number of likely N-dealkylation sites (N-methyl/N-ethyl adjacent to an activating group) is 1. The lowest BCUT2D eigenvalue weighted by Gasteiger charge is -2.31. The molecule has 0 fully saturated rings. The molecule has 2 aromatic heterocycles. The minimum Gasteiger partial charge on any atom is -0.300 e. The second-order valence-electron chi connectivity index (χ2n) is 5.68. The molecule has 1 atom stereocenters. The van der Waals surface area contributed by atoms with E-state index < -0.39 is 0 Å². The van der Waals surface area contributed by atoms with E-state index in [-0.39, 0.29) is 0 Å². The number of aromatic nitrogens is 1. The van der Waals surface area contributed by atoms with E-state index in [4.69, 9.17) is 11.6 Å². The van der Waals surface area contributed by atoms with Gasteiger partial charge in [0.25, 0.3) is 0 Å². The zero-order valence-electron chi connectivity index (χ0n) is 12.1. The summed E-state index contributed by atoms with van der Waals surface area (Å²) in [6.07, 6.45) is 1.96. The van der Waals surface area contributed by atoms with Crippen LogP contribution in [0.4, 0.5) is 0 Å². The fourth-order valence-electron chi connectivity index (χ4n) is 3.21. The molecule has 0 N–H and O–H groups in total. The molecule has 0 amide bonds. The van der Waals surface area contributed by atoms with E-state index in [1.807, 2.05) is 6.20 Å². The summed E-state index contributed by atoms with van der Waals surface area (Å²) >= 11 is 9.49. The summed E-state index contributed by atoms with van der Waals surface area (Å²) < 4.78 is 5.15. The maximum atomic E-state index is 6.28. The van der Waals surface area contributed by atoms with Gasteiger partial charge in [0.2, 0.25) is 0 Å². The van der Waals surface area contributed by atoms with E-state index in [9.17, 15) is 0 Å². The van der Waals surface area contributed by atoms with Crippen molar-refractivity contribution in [3.63, 3.8) is 0 Å². The normalized spacial score (nSPS) is 18.4. The Hall–Kier alpha value is -1.20. The molecule has 0 saturated heterocycles. The highest BCUT2D eigenvalue weighted by Gasteiger charge is 2.28. The van der Waals surface area contributed by atoms with Crippen LogP contribution in [0.1, 0.15) is 21.9 Å². The van der Waals surface area contributed by atoms with Gasteiger partial charge in [-0.15, -0.1) is 11.3 Å². The van der Waals surface area contributed by atoms with Gasteiger partial charge in [-0.1, -0.05) is 35.9 Å². The first-order valence-electron chi connectivity index (χ1n) is 7.17. The number of thiophene rings is 1. The molecule has 0 aliphatic carbocycles. The van der Waals surface area contributed by atoms with Gasteiger partial charge in [0, 0.05) is 41.0 Å². The lowest BCUT2D eigenvalue weighted by molar-refractivity contribution is 0.299. The van der Waals surface area contributed by atoms with Crippen molar-refractivity contribution in [3.05, 3.63) is 62.2 Å². The van der Waals surface area contributed by atoms with Crippen molar-refractivity contribution in [2.45, 2.75) is 12.5 Å². The molecular formula is C17H15ClN2S2. The molecule has 22 heavy (non-hydrogen) atoms. The molecule has 1 aromatic carbocycles. The number of benzene rings is 1. The summed E-state index contributed by atoms with van der Waals surface area (Å²) in [7, 11) is 2.18. The van der Waals surface area contributed by atoms with Gasteiger partial charge in [0.1, 0.15) is 0 Å². The van der Waals surface area contributed by atoms with Gasteiger partial charge in [-0.3, -0.25) is 0 Å². The maximum absolute atomic E-state index is 6.28. The average Bonchev–Trinajstić information content (AvgIpc) is 3.15. The Balaban J connectivity index is 1.86. The molecular weight excluding hydrogens is 332 g/mol. The number of fused-ring (bicyclic) bond motifs is 1. The van der Waals surface area contributed by atoms with Crippen LogP contribution in [0.15, 0.2) is 41.9 Å². The van der Waals surface area contributed by atoms with Crippen molar-refractivity contribution >= 4 is 34.5 Å². The summed E-state index contributed by atoms with van der Waals surface area (Å²) in [5.74, 6) is 0.369. The Morgan fingerprint density at radius 1 is 1.27 bits per heavy atom. The molecule has 5 heteroatoms. The molecule has 0 spiro atoms. The highest BCUT2D eigenvalue weighted by atomic mass is 35.5. The topological polar surface area (TPSA) is 16.1 Å². The molecule has 1 aliphatic rings. The van der Waals surface area contributed by atoms with Crippen molar-refractivity contribution in [1.29, 1.82) is 0 Å². The summed E-state index contributed by atoms with van der Waals surface area (Å²) in [4.78, 5) is 3.77. The van der Waals surface area contributed by atoms with E-state index in [0.29, 0.717) is 5.92 Å². The fraction of sp³-hybridized carbons (Fsp3) is 0.235. The molecule has 0 bridgehead atoms. The number of nitrogens with zero attached hydrogens (tertiary/aromatic N) is 2. The Morgan fingerprint density at radius 3 is 2.95 bits per heavy atom. The van der Waals surface area contributed by atoms with E-state index in [1.165, 1.54) is 38.7 Å². The first-order valence-corrected chi connectivity index (χ1v) is 9.21. The Morgan fingerprint density at radius 2 is 2.14 bits per heavy atom. The standard InChI is InChI=1S/C17H15ClN2S2/c1-20-8-15(14-6-17(18)22-16(14)9-20)13-5-3-2-4-12(13)11-7-19-21-10-11/h2-7,10,15H,8-9H2,1H3. The first-order chi connectivity index (χ1) is 10.7. The van der Waals surface area contributed by atoms with Gasteiger partial charge in [-0.2, -0.15) is 0 Å². The molecule has 0 radical (unpaired) electrons. The number of halogens is 1. The van der Waals surface area contributed by atoms with Gasteiger partial charge in [0.15, 0.2) is 0 Å². The van der Waals surface area contributed by atoms with Crippen LogP contribution in [-0.2, 0) is 6.54 Å². The van der Waals surface area contributed by atoms with E-state index in [2.05, 4.69) is 52.0 Å². The number of hydrogen-bond acceptors (Lipinski definition) is 4. The molecule has 1 unspecified atom stereocenters. The van der Waals surface area contributed by atoms with Crippen LogP contribution in [0.3, 0.4) is 0 Å². The van der Waals surface area contributed by atoms with Gasteiger partial charge in [0.05, 0.1) is 4.34 Å². The van der Waals surface area contributed by atoms with Gasteiger partial charge in [-0.05, 0) is 41.3 Å².